The molecular formula is C14H22N4O2. The highest BCUT2D eigenvalue weighted by molar-refractivity contribution is 5.86. The maximum Gasteiger partial charge on any atom is 0.242 e. The van der Waals surface area contributed by atoms with Gasteiger partial charge in [-0.15, -0.1) is 0 Å². The van der Waals surface area contributed by atoms with Crippen LogP contribution in [-0.2, 0) is 4.79 Å². The van der Waals surface area contributed by atoms with Gasteiger partial charge < -0.3 is 20.7 Å². The van der Waals surface area contributed by atoms with Gasteiger partial charge in [0.25, 0.3) is 0 Å². The monoisotopic (exact) mass is 278 g/mol. The third-order valence-electron chi connectivity index (χ3n) is 3.23. The molecule has 2 rings (SSSR count). The molecule has 1 aliphatic heterocycles. The molecule has 1 aromatic rings. The lowest BCUT2D eigenvalue weighted by Gasteiger charge is -2.35. The normalized spacial score (nSPS) is 19.1. The molecule has 2 heterocycles. The van der Waals surface area contributed by atoms with E-state index >= 15 is 0 Å². The van der Waals surface area contributed by atoms with E-state index in [1.165, 1.54) is 0 Å². The summed E-state index contributed by atoms with van der Waals surface area (Å²) in [6.07, 6.45) is 0.741. The minimum absolute atomic E-state index is 0.00618. The van der Waals surface area contributed by atoms with Gasteiger partial charge in [0.1, 0.15) is 11.9 Å². The molecule has 3 N–H and O–H groups in total. The Morgan fingerprint density at radius 1 is 1.55 bits per heavy atom. The van der Waals surface area contributed by atoms with Gasteiger partial charge in [0.05, 0.1) is 11.8 Å². The number of piperazine rings is 1. The lowest BCUT2D eigenvalue weighted by atomic mass is 10.1. The van der Waals surface area contributed by atoms with Crippen molar-refractivity contribution in [3.05, 3.63) is 12.1 Å². The number of rotatable bonds is 4. The number of anilines is 2. The Morgan fingerprint density at radius 2 is 2.30 bits per heavy atom. The van der Waals surface area contributed by atoms with E-state index in [2.05, 4.69) is 10.3 Å². The zero-order valence-electron chi connectivity index (χ0n) is 12.2. The summed E-state index contributed by atoms with van der Waals surface area (Å²) in [4.78, 5) is 18.4. The predicted octanol–water partition coefficient (Wildman–Crippen LogP) is 1.17. The standard InChI is InChI=1S/C14H22N4O2/c1-4-11-13(19)16-7-8-18(11)12-6-5-10(15)14(17-12)20-9(2)3/h5-6,9,11H,4,7-8,15H2,1-3H3,(H,16,19). The van der Waals surface area contributed by atoms with Crippen LogP contribution < -0.4 is 20.7 Å². The molecular weight excluding hydrogens is 256 g/mol. The van der Waals surface area contributed by atoms with Gasteiger partial charge in [-0.1, -0.05) is 6.92 Å². The first-order valence-corrected chi connectivity index (χ1v) is 7.00. The first-order valence-electron chi connectivity index (χ1n) is 7.00. The van der Waals surface area contributed by atoms with Gasteiger partial charge in [-0.3, -0.25) is 4.79 Å². The molecule has 1 saturated heterocycles. The topological polar surface area (TPSA) is 80.5 Å². The van der Waals surface area contributed by atoms with Gasteiger partial charge in [-0.2, -0.15) is 4.98 Å². The smallest absolute Gasteiger partial charge is 0.242 e. The second-order valence-corrected chi connectivity index (χ2v) is 5.14. The van der Waals surface area contributed by atoms with Gasteiger partial charge in [-0.25, -0.2) is 0 Å². The number of nitrogens with one attached hydrogen (secondary N) is 1. The molecule has 0 radical (unpaired) electrons. The fraction of sp³-hybridized carbons (Fsp3) is 0.571. The number of ether oxygens (including phenoxy) is 1. The van der Waals surface area contributed by atoms with Crippen molar-refractivity contribution in [2.45, 2.75) is 39.3 Å². The van der Waals surface area contributed by atoms with Crippen molar-refractivity contribution in [2.24, 2.45) is 0 Å². The van der Waals surface area contributed by atoms with Gasteiger partial charge >= 0.3 is 0 Å². The minimum Gasteiger partial charge on any atom is -0.473 e. The van der Waals surface area contributed by atoms with Crippen LogP contribution in [0.5, 0.6) is 5.88 Å². The van der Waals surface area contributed by atoms with Crippen LogP contribution in [0.15, 0.2) is 12.1 Å². The Kier molecular flexibility index (Phi) is 4.32. The lowest BCUT2D eigenvalue weighted by molar-refractivity contribution is -0.123. The van der Waals surface area contributed by atoms with Crippen molar-refractivity contribution in [3.8, 4) is 5.88 Å². The minimum atomic E-state index is -0.188. The van der Waals surface area contributed by atoms with Crippen LogP contribution in [0.25, 0.3) is 0 Å². The van der Waals surface area contributed by atoms with Crippen LogP contribution in [0.4, 0.5) is 11.5 Å². The zero-order valence-corrected chi connectivity index (χ0v) is 12.2. The fourth-order valence-corrected chi connectivity index (χ4v) is 2.31. The summed E-state index contributed by atoms with van der Waals surface area (Å²) in [6.45, 7) is 7.21. The summed E-state index contributed by atoms with van der Waals surface area (Å²) in [6, 6.07) is 3.43. The molecule has 1 unspecified atom stereocenters. The number of carbonyl (C=O) groups is 1. The van der Waals surface area contributed by atoms with Crippen LogP contribution in [0, 0.1) is 0 Å². The van der Waals surface area contributed by atoms with E-state index in [9.17, 15) is 4.79 Å². The van der Waals surface area contributed by atoms with Gasteiger partial charge in [0, 0.05) is 13.1 Å². The van der Waals surface area contributed by atoms with E-state index in [0.717, 1.165) is 18.8 Å². The number of aromatic nitrogens is 1. The molecule has 110 valence electrons. The van der Waals surface area contributed by atoms with E-state index in [1.807, 2.05) is 31.7 Å². The second kappa shape index (κ2) is 5.98. The number of amides is 1. The third-order valence-corrected chi connectivity index (χ3v) is 3.23. The number of nitrogens with zero attached hydrogens (tertiary/aromatic N) is 2. The van der Waals surface area contributed by atoms with E-state index in [-0.39, 0.29) is 18.1 Å². The van der Waals surface area contributed by atoms with Gasteiger partial charge in [-0.05, 0) is 32.4 Å². The Bertz CT molecular complexity index is 490. The first kappa shape index (κ1) is 14.4. The second-order valence-electron chi connectivity index (χ2n) is 5.14. The van der Waals surface area contributed by atoms with E-state index in [4.69, 9.17) is 10.5 Å². The molecule has 0 bridgehead atoms. The average molecular weight is 278 g/mol. The molecule has 20 heavy (non-hydrogen) atoms. The molecule has 6 nitrogen and oxygen atoms in total. The van der Waals surface area contributed by atoms with Crippen LogP contribution in [0.1, 0.15) is 27.2 Å². The van der Waals surface area contributed by atoms with E-state index < -0.39 is 0 Å². The summed E-state index contributed by atoms with van der Waals surface area (Å²) in [7, 11) is 0. The van der Waals surface area contributed by atoms with Crippen molar-refractivity contribution < 1.29 is 9.53 Å². The van der Waals surface area contributed by atoms with Crippen molar-refractivity contribution in [1.82, 2.24) is 10.3 Å². The first-order chi connectivity index (χ1) is 9.52. The molecule has 1 amide bonds. The van der Waals surface area contributed by atoms with Crippen LogP contribution in [0.3, 0.4) is 0 Å². The molecule has 1 aliphatic rings. The fourth-order valence-electron chi connectivity index (χ4n) is 2.31. The summed E-state index contributed by atoms with van der Waals surface area (Å²) in [5.41, 5.74) is 6.39. The number of carbonyl (C=O) groups excluding carboxylic acids is 1. The highest BCUT2D eigenvalue weighted by atomic mass is 16.5. The molecule has 0 aliphatic carbocycles. The summed E-state index contributed by atoms with van der Waals surface area (Å²) in [5.74, 6) is 1.21. The SMILES string of the molecule is CCC1C(=O)NCCN1c1ccc(N)c(OC(C)C)n1. The summed E-state index contributed by atoms with van der Waals surface area (Å²) < 4.78 is 5.61. The molecule has 6 heteroatoms. The number of hydrogen-bond acceptors (Lipinski definition) is 5. The molecule has 0 aromatic carbocycles. The van der Waals surface area contributed by atoms with Crippen LogP contribution in [-0.4, -0.2) is 36.1 Å². The van der Waals surface area contributed by atoms with Crippen molar-refractivity contribution in [2.75, 3.05) is 23.7 Å². The zero-order chi connectivity index (χ0) is 14.7. The number of hydrogen-bond donors (Lipinski definition) is 2. The molecule has 1 aromatic heterocycles. The largest absolute Gasteiger partial charge is 0.473 e. The Labute approximate surface area is 119 Å². The molecule has 1 fully saturated rings. The predicted molar refractivity (Wildman–Crippen MR) is 78.8 cm³/mol. The highest BCUT2D eigenvalue weighted by Gasteiger charge is 2.29. The van der Waals surface area contributed by atoms with Gasteiger partial charge in [0.2, 0.25) is 11.8 Å². The van der Waals surface area contributed by atoms with Crippen molar-refractivity contribution in [1.29, 1.82) is 0 Å². The Morgan fingerprint density at radius 3 is 2.95 bits per heavy atom. The average Bonchev–Trinajstić information content (AvgIpc) is 2.40. The summed E-state index contributed by atoms with van der Waals surface area (Å²) in [5, 5.41) is 2.88. The summed E-state index contributed by atoms with van der Waals surface area (Å²) >= 11 is 0. The number of pyridine rings is 1. The molecule has 0 spiro atoms. The van der Waals surface area contributed by atoms with Crippen molar-refractivity contribution >= 4 is 17.4 Å². The number of nitrogens with two attached hydrogens (primary N) is 1. The van der Waals surface area contributed by atoms with Crippen molar-refractivity contribution in [3.63, 3.8) is 0 Å². The Hall–Kier alpha value is -1.98. The highest BCUT2D eigenvalue weighted by Crippen LogP contribution is 2.26. The maximum atomic E-state index is 11.9. The quantitative estimate of drug-likeness (QED) is 0.864. The van der Waals surface area contributed by atoms with E-state index in [0.29, 0.717) is 18.1 Å². The van der Waals surface area contributed by atoms with Crippen LogP contribution >= 0.6 is 0 Å². The molecule has 0 saturated carbocycles. The lowest BCUT2D eigenvalue weighted by Crippen LogP contribution is -2.55. The Balaban J connectivity index is 2.29. The third kappa shape index (κ3) is 2.95. The van der Waals surface area contributed by atoms with E-state index in [1.54, 1.807) is 6.07 Å². The maximum absolute atomic E-state index is 11.9. The van der Waals surface area contributed by atoms with Crippen LogP contribution in [0.2, 0.25) is 0 Å². The van der Waals surface area contributed by atoms with Gasteiger partial charge in [0.15, 0.2) is 0 Å². The molecule has 1 atom stereocenters. The number of nitrogen functional groups attached to an aromatic ring is 1.